The molecule has 0 unspecified atom stereocenters. The fourth-order valence-electron chi connectivity index (χ4n) is 2.58. The molecule has 26 heavy (non-hydrogen) atoms. The first-order valence-electron chi connectivity index (χ1n) is 8.67. The van der Waals surface area contributed by atoms with Crippen LogP contribution in [0.4, 0.5) is 11.5 Å². The Hall–Kier alpha value is -3.15. The molecule has 0 aliphatic heterocycles. The molecule has 0 atom stereocenters. The molecule has 4 rings (SSSR count). The predicted octanol–water partition coefficient (Wildman–Crippen LogP) is 4.18. The van der Waals surface area contributed by atoms with Gasteiger partial charge in [-0.2, -0.15) is 0 Å². The third-order valence-corrected chi connectivity index (χ3v) is 4.35. The van der Waals surface area contributed by atoms with Gasteiger partial charge in [0.05, 0.1) is 11.3 Å². The number of anilines is 2. The number of nitrogens with zero attached hydrogens (tertiary/aromatic N) is 2. The quantitative estimate of drug-likeness (QED) is 0.723. The standard InChI is InChI=1S/C20H20N4O2/c1-12-13(2)26-20(22-12)14-4-3-5-17(10-14)24-19(25)15-6-9-18(21-11-15)23-16-7-8-16/h3-6,9-11,16H,7-8H2,1-2H3,(H,21,23)(H,24,25). The molecule has 2 aromatic heterocycles. The fraction of sp³-hybridized carbons (Fsp3) is 0.250. The highest BCUT2D eigenvalue weighted by Gasteiger charge is 2.21. The van der Waals surface area contributed by atoms with E-state index in [-0.39, 0.29) is 5.91 Å². The van der Waals surface area contributed by atoms with Crippen molar-refractivity contribution in [3.05, 3.63) is 59.6 Å². The van der Waals surface area contributed by atoms with Crippen molar-refractivity contribution >= 4 is 17.4 Å². The summed E-state index contributed by atoms with van der Waals surface area (Å²) in [5, 5.41) is 6.20. The van der Waals surface area contributed by atoms with Crippen molar-refractivity contribution in [1.82, 2.24) is 9.97 Å². The summed E-state index contributed by atoms with van der Waals surface area (Å²) in [6.45, 7) is 3.79. The zero-order chi connectivity index (χ0) is 18.1. The zero-order valence-corrected chi connectivity index (χ0v) is 14.7. The fourth-order valence-corrected chi connectivity index (χ4v) is 2.58. The molecular weight excluding hydrogens is 328 g/mol. The van der Waals surface area contributed by atoms with Gasteiger partial charge in [-0.1, -0.05) is 6.07 Å². The van der Waals surface area contributed by atoms with E-state index >= 15 is 0 Å². The molecule has 3 aromatic rings. The van der Waals surface area contributed by atoms with E-state index in [1.807, 2.05) is 44.2 Å². The van der Waals surface area contributed by atoms with Gasteiger partial charge in [-0.25, -0.2) is 9.97 Å². The highest BCUT2D eigenvalue weighted by Crippen LogP contribution is 2.25. The third kappa shape index (κ3) is 3.59. The molecule has 1 saturated carbocycles. The molecule has 2 N–H and O–H groups in total. The molecule has 0 radical (unpaired) electrons. The van der Waals surface area contributed by atoms with Crippen LogP contribution in [0.25, 0.3) is 11.5 Å². The molecule has 1 aliphatic rings. The average molecular weight is 348 g/mol. The molecule has 6 nitrogen and oxygen atoms in total. The highest BCUT2D eigenvalue weighted by molar-refractivity contribution is 6.04. The number of aromatic nitrogens is 2. The summed E-state index contributed by atoms with van der Waals surface area (Å²) < 4.78 is 5.65. The molecule has 0 bridgehead atoms. The van der Waals surface area contributed by atoms with E-state index in [1.54, 1.807) is 12.3 Å². The second-order valence-electron chi connectivity index (χ2n) is 6.55. The molecule has 1 aromatic carbocycles. The van der Waals surface area contributed by atoms with Gasteiger partial charge in [0.25, 0.3) is 5.91 Å². The predicted molar refractivity (Wildman–Crippen MR) is 100 cm³/mol. The summed E-state index contributed by atoms with van der Waals surface area (Å²) >= 11 is 0. The Bertz CT molecular complexity index is 923. The summed E-state index contributed by atoms with van der Waals surface area (Å²) in [5.41, 5.74) is 2.88. The lowest BCUT2D eigenvalue weighted by atomic mass is 10.2. The van der Waals surface area contributed by atoms with Crippen molar-refractivity contribution in [1.29, 1.82) is 0 Å². The number of aryl methyl sites for hydroxylation is 2. The van der Waals surface area contributed by atoms with Crippen LogP contribution in [0.2, 0.25) is 0 Å². The van der Waals surface area contributed by atoms with Gasteiger partial charge in [-0.15, -0.1) is 0 Å². The molecule has 1 aliphatic carbocycles. The molecular formula is C20H20N4O2. The minimum Gasteiger partial charge on any atom is -0.441 e. The Morgan fingerprint density at radius 1 is 1.19 bits per heavy atom. The minimum absolute atomic E-state index is 0.201. The van der Waals surface area contributed by atoms with E-state index in [1.165, 1.54) is 12.8 Å². The topological polar surface area (TPSA) is 80.0 Å². The molecule has 0 spiro atoms. The second-order valence-corrected chi connectivity index (χ2v) is 6.55. The lowest BCUT2D eigenvalue weighted by Crippen LogP contribution is -2.12. The molecule has 6 heteroatoms. The van der Waals surface area contributed by atoms with Crippen molar-refractivity contribution in [2.45, 2.75) is 32.7 Å². The van der Waals surface area contributed by atoms with E-state index in [9.17, 15) is 4.79 Å². The number of amides is 1. The lowest BCUT2D eigenvalue weighted by molar-refractivity contribution is 0.102. The Morgan fingerprint density at radius 2 is 2.04 bits per heavy atom. The summed E-state index contributed by atoms with van der Waals surface area (Å²) in [5.74, 6) is 1.95. The Balaban J connectivity index is 1.47. The molecule has 132 valence electrons. The van der Waals surface area contributed by atoms with Gasteiger partial charge >= 0.3 is 0 Å². The number of hydrogen-bond acceptors (Lipinski definition) is 5. The second kappa shape index (κ2) is 6.63. The van der Waals surface area contributed by atoms with Gasteiger partial charge in [0.15, 0.2) is 0 Å². The molecule has 0 saturated heterocycles. The van der Waals surface area contributed by atoms with Crippen LogP contribution < -0.4 is 10.6 Å². The van der Waals surface area contributed by atoms with E-state index in [0.29, 0.717) is 23.2 Å². The van der Waals surface area contributed by atoms with Crippen LogP contribution in [0.1, 0.15) is 34.7 Å². The number of pyridine rings is 1. The maximum absolute atomic E-state index is 12.5. The minimum atomic E-state index is -0.201. The van der Waals surface area contributed by atoms with Crippen LogP contribution in [0.3, 0.4) is 0 Å². The van der Waals surface area contributed by atoms with Crippen molar-refractivity contribution < 1.29 is 9.21 Å². The first-order valence-corrected chi connectivity index (χ1v) is 8.67. The SMILES string of the molecule is Cc1nc(-c2cccc(NC(=O)c3ccc(NC4CC4)nc3)c2)oc1C. The average Bonchev–Trinajstić information content (AvgIpc) is 3.39. The van der Waals surface area contributed by atoms with Gasteiger partial charge < -0.3 is 15.1 Å². The number of nitrogens with one attached hydrogen (secondary N) is 2. The van der Waals surface area contributed by atoms with E-state index < -0.39 is 0 Å². The van der Waals surface area contributed by atoms with Crippen LogP contribution in [0, 0.1) is 13.8 Å². The van der Waals surface area contributed by atoms with Crippen LogP contribution in [-0.2, 0) is 0 Å². The summed E-state index contributed by atoms with van der Waals surface area (Å²) in [6, 6.07) is 11.6. The van der Waals surface area contributed by atoms with Gasteiger partial charge in [0.1, 0.15) is 11.6 Å². The third-order valence-electron chi connectivity index (χ3n) is 4.35. The monoisotopic (exact) mass is 348 g/mol. The smallest absolute Gasteiger partial charge is 0.257 e. The molecule has 1 fully saturated rings. The van der Waals surface area contributed by atoms with Gasteiger partial charge in [0.2, 0.25) is 5.89 Å². The summed E-state index contributed by atoms with van der Waals surface area (Å²) in [6.07, 6.45) is 3.96. The normalized spacial score (nSPS) is 13.5. The Labute approximate surface area is 151 Å². The number of oxazole rings is 1. The number of rotatable bonds is 5. The van der Waals surface area contributed by atoms with Crippen LogP contribution >= 0.6 is 0 Å². The van der Waals surface area contributed by atoms with Crippen molar-refractivity contribution in [2.24, 2.45) is 0 Å². The Morgan fingerprint density at radius 3 is 2.69 bits per heavy atom. The number of carbonyl (C=O) groups excluding carboxylic acids is 1. The summed E-state index contributed by atoms with van der Waals surface area (Å²) in [7, 11) is 0. The van der Waals surface area contributed by atoms with Crippen molar-refractivity contribution in [3.63, 3.8) is 0 Å². The largest absolute Gasteiger partial charge is 0.441 e. The van der Waals surface area contributed by atoms with Gasteiger partial charge in [-0.3, -0.25) is 4.79 Å². The number of hydrogen-bond donors (Lipinski definition) is 2. The number of carbonyl (C=O) groups is 1. The maximum Gasteiger partial charge on any atom is 0.257 e. The van der Waals surface area contributed by atoms with Crippen LogP contribution in [0.5, 0.6) is 0 Å². The van der Waals surface area contributed by atoms with Crippen molar-refractivity contribution in [3.8, 4) is 11.5 Å². The van der Waals surface area contributed by atoms with E-state index in [4.69, 9.17) is 4.42 Å². The molecule has 1 amide bonds. The van der Waals surface area contributed by atoms with E-state index in [2.05, 4.69) is 20.6 Å². The summed E-state index contributed by atoms with van der Waals surface area (Å²) in [4.78, 5) is 21.2. The first kappa shape index (κ1) is 16.3. The first-order chi connectivity index (χ1) is 12.6. The van der Waals surface area contributed by atoms with E-state index in [0.717, 1.165) is 22.8 Å². The maximum atomic E-state index is 12.5. The zero-order valence-electron chi connectivity index (χ0n) is 14.7. The Kier molecular flexibility index (Phi) is 4.16. The lowest BCUT2D eigenvalue weighted by Gasteiger charge is -2.07. The van der Waals surface area contributed by atoms with Crippen LogP contribution in [-0.4, -0.2) is 21.9 Å². The molecule has 2 heterocycles. The highest BCUT2D eigenvalue weighted by atomic mass is 16.4. The van der Waals surface area contributed by atoms with Gasteiger partial charge in [-0.05, 0) is 57.0 Å². The van der Waals surface area contributed by atoms with Crippen LogP contribution in [0.15, 0.2) is 47.0 Å². The van der Waals surface area contributed by atoms with Crippen molar-refractivity contribution in [2.75, 3.05) is 10.6 Å². The number of benzene rings is 1. The van der Waals surface area contributed by atoms with Gasteiger partial charge in [0, 0.05) is 23.5 Å².